The first kappa shape index (κ1) is 19.2. The standard InChI is InChI=1S/C20H27N5OS/c1-2-21-19(23-15-18-9-6-12-27-18)22-14-16-7-5-8-17(13-16)24-20(26)25-10-3-4-11-25/h5-9,12-13H,2-4,10-11,14-15H2,1H3,(H,24,26)(H2,21,22,23). The van der Waals surface area contributed by atoms with Crippen LogP contribution in [0, 0.1) is 0 Å². The number of amides is 2. The van der Waals surface area contributed by atoms with Crippen LogP contribution in [0.15, 0.2) is 46.8 Å². The molecule has 2 amide bonds. The van der Waals surface area contributed by atoms with Crippen molar-refractivity contribution in [2.24, 2.45) is 4.99 Å². The van der Waals surface area contributed by atoms with Gasteiger partial charge in [0.1, 0.15) is 0 Å². The van der Waals surface area contributed by atoms with Gasteiger partial charge in [0, 0.05) is 30.2 Å². The van der Waals surface area contributed by atoms with E-state index < -0.39 is 0 Å². The number of hydrogen-bond donors (Lipinski definition) is 3. The van der Waals surface area contributed by atoms with Gasteiger partial charge in [-0.05, 0) is 48.9 Å². The summed E-state index contributed by atoms with van der Waals surface area (Å²) in [6.45, 7) is 5.86. The molecular weight excluding hydrogens is 358 g/mol. The van der Waals surface area contributed by atoms with E-state index in [4.69, 9.17) is 0 Å². The molecule has 3 rings (SSSR count). The van der Waals surface area contributed by atoms with E-state index in [-0.39, 0.29) is 6.03 Å². The Balaban J connectivity index is 1.57. The van der Waals surface area contributed by atoms with Crippen molar-refractivity contribution in [3.05, 3.63) is 52.2 Å². The molecule has 3 N–H and O–H groups in total. The molecule has 2 aromatic rings. The number of thiophene rings is 1. The van der Waals surface area contributed by atoms with Crippen LogP contribution >= 0.6 is 11.3 Å². The lowest BCUT2D eigenvalue weighted by atomic mass is 10.2. The number of aliphatic imine (C=N–C) groups is 1. The highest BCUT2D eigenvalue weighted by Crippen LogP contribution is 2.15. The van der Waals surface area contributed by atoms with Crippen molar-refractivity contribution in [3.63, 3.8) is 0 Å². The highest BCUT2D eigenvalue weighted by atomic mass is 32.1. The smallest absolute Gasteiger partial charge is 0.321 e. The first-order valence-electron chi connectivity index (χ1n) is 9.44. The highest BCUT2D eigenvalue weighted by molar-refractivity contribution is 7.09. The normalized spacial score (nSPS) is 14.3. The second-order valence-corrected chi connectivity index (χ2v) is 7.49. The molecule has 1 saturated heterocycles. The zero-order valence-electron chi connectivity index (χ0n) is 15.7. The summed E-state index contributed by atoms with van der Waals surface area (Å²) in [5, 5.41) is 11.7. The van der Waals surface area contributed by atoms with Crippen molar-refractivity contribution >= 4 is 29.0 Å². The third kappa shape index (κ3) is 5.99. The summed E-state index contributed by atoms with van der Waals surface area (Å²) in [5.41, 5.74) is 1.87. The molecule has 144 valence electrons. The fraction of sp³-hybridized carbons (Fsp3) is 0.400. The topological polar surface area (TPSA) is 68.8 Å². The Bertz CT molecular complexity index is 753. The maximum Gasteiger partial charge on any atom is 0.321 e. The van der Waals surface area contributed by atoms with Crippen molar-refractivity contribution in [1.29, 1.82) is 0 Å². The molecule has 0 spiro atoms. The van der Waals surface area contributed by atoms with Crippen molar-refractivity contribution < 1.29 is 4.79 Å². The van der Waals surface area contributed by atoms with Crippen molar-refractivity contribution in [2.75, 3.05) is 25.0 Å². The number of carbonyl (C=O) groups excluding carboxylic acids is 1. The van der Waals surface area contributed by atoms with Crippen LogP contribution in [0.1, 0.15) is 30.2 Å². The number of likely N-dealkylation sites (tertiary alicyclic amines) is 1. The lowest BCUT2D eigenvalue weighted by molar-refractivity contribution is 0.222. The van der Waals surface area contributed by atoms with Crippen molar-refractivity contribution in [1.82, 2.24) is 15.5 Å². The van der Waals surface area contributed by atoms with Gasteiger partial charge in [0.2, 0.25) is 0 Å². The molecule has 0 bridgehead atoms. The predicted molar refractivity (Wildman–Crippen MR) is 112 cm³/mol. The summed E-state index contributed by atoms with van der Waals surface area (Å²) in [6, 6.07) is 12.0. The average Bonchev–Trinajstić information content (AvgIpc) is 3.38. The summed E-state index contributed by atoms with van der Waals surface area (Å²) < 4.78 is 0. The Labute approximate surface area is 164 Å². The molecule has 27 heavy (non-hydrogen) atoms. The number of guanidine groups is 1. The lowest BCUT2D eigenvalue weighted by Gasteiger charge is -2.16. The van der Waals surface area contributed by atoms with E-state index >= 15 is 0 Å². The van der Waals surface area contributed by atoms with Gasteiger partial charge in [-0.25, -0.2) is 9.79 Å². The van der Waals surface area contributed by atoms with Gasteiger partial charge in [0.15, 0.2) is 5.96 Å². The summed E-state index contributed by atoms with van der Waals surface area (Å²) in [7, 11) is 0. The van der Waals surface area contributed by atoms with E-state index in [1.54, 1.807) is 11.3 Å². The van der Waals surface area contributed by atoms with Crippen LogP contribution in [-0.2, 0) is 13.1 Å². The van der Waals surface area contributed by atoms with E-state index in [0.29, 0.717) is 6.54 Å². The molecule has 7 heteroatoms. The van der Waals surface area contributed by atoms with Crippen molar-refractivity contribution in [2.45, 2.75) is 32.9 Å². The van der Waals surface area contributed by atoms with Gasteiger partial charge in [-0.3, -0.25) is 0 Å². The number of hydrogen-bond acceptors (Lipinski definition) is 3. The highest BCUT2D eigenvalue weighted by Gasteiger charge is 2.17. The minimum Gasteiger partial charge on any atom is -0.357 e. The second kappa shape index (κ2) is 9.97. The molecule has 0 unspecified atom stereocenters. The molecule has 1 aliphatic heterocycles. The van der Waals surface area contributed by atoms with Gasteiger partial charge in [-0.15, -0.1) is 11.3 Å². The van der Waals surface area contributed by atoms with Gasteiger partial charge >= 0.3 is 6.03 Å². The molecule has 1 fully saturated rings. The summed E-state index contributed by atoms with van der Waals surface area (Å²) in [4.78, 5) is 20.0. The minimum atomic E-state index is -0.0147. The SMILES string of the molecule is CCNC(=NCc1cccc(NC(=O)N2CCCC2)c1)NCc1cccs1. The van der Waals surface area contributed by atoms with E-state index in [1.807, 2.05) is 35.2 Å². The zero-order valence-corrected chi connectivity index (χ0v) is 16.5. The van der Waals surface area contributed by atoms with Gasteiger partial charge < -0.3 is 20.9 Å². The maximum absolute atomic E-state index is 12.2. The number of carbonyl (C=O) groups is 1. The molecule has 0 saturated carbocycles. The van der Waals surface area contributed by atoms with Crippen LogP contribution in [0.3, 0.4) is 0 Å². The number of anilines is 1. The Hall–Kier alpha value is -2.54. The summed E-state index contributed by atoms with van der Waals surface area (Å²) in [5.74, 6) is 0.789. The summed E-state index contributed by atoms with van der Waals surface area (Å²) in [6.07, 6.45) is 2.18. The van der Waals surface area contributed by atoms with Gasteiger partial charge in [0.05, 0.1) is 13.1 Å². The number of urea groups is 1. The lowest BCUT2D eigenvalue weighted by Crippen LogP contribution is -2.36. The molecule has 2 heterocycles. The van der Waals surface area contributed by atoms with Gasteiger partial charge in [-0.2, -0.15) is 0 Å². The molecule has 1 aromatic carbocycles. The first-order chi connectivity index (χ1) is 13.2. The zero-order chi connectivity index (χ0) is 18.9. The van der Waals surface area contributed by atoms with Crippen LogP contribution in [0.2, 0.25) is 0 Å². The fourth-order valence-corrected chi connectivity index (χ4v) is 3.61. The monoisotopic (exact) mass is 385 g/mol. The fourth-order valence-electron chi connectivity index (χ4n) is 2.97. The van der Waals surface area contributed by atoms with Crippen LogP contribution < -0.4 is 16.0 Å². The summed E-state index contributed by atoms with van der Waals surface area (Å²) >= 11 is 1.73. The van der Waals surface area contributed by atoms with Crippen molar-refractivity contribution in [3.8, 4) is 0 Å². The Morgan fingerprint density at radius 2 is 2.04 bits per heavy atom. The molecule has 1 aromatic heterocycles. The number of rotatable bonds is 6. The largest absolute Gasteiger partial charge is 0.357 e. The third-order valence-corrected chi connectivity index (χ3v) is 5.22. The van der Waals surface area contributed by atoms with Crippen LogP contribution in [-0.4, -0.2) is 36.5 Å². The second-order valence-electron chi connectivity index (χ2n) is 6.45. The maximum atomic E-state index is 12.2. The quantitative estimate of drug-likeness (QED) is 0.525. The van der Waals surface area contributed by atoms with E-state index in [2.05, 4.69) is 39.3 Å². The molecular formula is C20H27N5OS. The number of nitrogens with zero attached hydrogens (tertiary/aromatic N) is 2. The number of nitrogens with one attached hydrogen (secondary N) is 3. The predicted octanol–water partition coefficient (Wildman–Crippen LogP) is 3.63. The minimum absolute atomic E-state index is 0.0147. The Morgan fingerprint density at radius 3 is 2.78 bits per heavy atom. The van der Waals surface area contributed by atoms with Gasteiger partial charge in [-0.1, -0.05) is 18.2 Å². The number of benzene rings is 1. The Morgan fingerprint density at radius 1 is 1.19 bits per heavy atom. The third-order valence-electron chi connectivity index (χ3n) is 4.35. The first-order valence-corrected chi connectivity index (χ1v) is 10.3. The van der Waals surface area contributed by atoms with E-state index in [0.717, 1.165) is 56.2 Å². The van der Waals surface area contributed by atoms with Crippen LogP contribution in [0.5, 0.6) is 0 Å². The van der Waals surface area contributed by atoms with E-state index in [9.17, 15) is 4.79 Å². The molecule has 0 aliphatic carbocycles. The van der Waals surface area contributed by atoms with Crippen LogP contribution in [0.25, 0.3) is 0 Å². The molecule has 0 radical (unpaired) electrons. The van der Waals surface area contributed by atoms with Gasteiger partial charge in [0.25, 0.3) is 0 Å². The molecule has 0 atom stereocenters. The Kier molecular flexibility index (Phi) is 7.10. The average molecular weight is 386 g/mol. The molecule has 1 aliphatic rings. The van der Waals surface area contributed by atoms with E-state index in [1.165, 1.54) is 4.88 Å². The molecule has 6 nitrogen and oxygen atoms in total. The van der Waals surface area contributed by atoms with Crippen LogP contribution in [0.4, 0.5) is 10.5 Å².